The highest BCUT2D eigenvalue weighted by Crippen LogP contribution is 2.33. The van der Waals surface area contributed by atoms with Crippen molar-refractivity contribution >= 4 is 46.1 Å². The summed E-state index contributed by atoms with van der Waals surface area (Å²) in [5.74, 6) is -3.04. The van der Waals surface area contributed by atoms with Crippen molar-refractivity contribution < 1.29 is 19.1 Å². The van der Waals surface area contributed by atoms with Crippen molar-refractivity contribution in [2.24, 2.45) is 18.9 Å². The topological polar surface area (TPSA) is 85.7 Å². The number of para-hydroxylation sites is 1. The Balaban J connectivity index is 2.38. The molecule has 1 aromatic heterocycles. The van der Waals surface area contributed by atoms with Crippen LogP contribution in [0, 0.1) is 11.8 Å². The minimum Gasteiger partial charge on any atom is -0.425 e. The Bertz CT molecular complexity index is 1310. The molecule has 2 amide bonds. The lowest BCUT2D eigenvalue weighted by molar-refractivity contribution is -0.137. The molecule has 8 heteroatoms. The van der Waals surface area contributed by atoms with E-state index < -0.39 is 35.2 Å². The molecular formula is C26H28N2O5S. The van der Waals surface area contributed by atoms with E-state index in [4.69, 9.17) is 4.74 Å². The number of fused-ring (bicyclic) bond motifs is 1. The molecule has 2 aromatic carbocycles. The van der Waals surface area contributed by atoms with Crippen molar-refractivity contribution in [2.45, 2.75) is 32.6 Å². The average Bonchev–Trinajstić information content (AvgIpc) is 2.82. The average molecular weight is 481 g/mol. The summed E-state index contributed by atoms with van der Waals surface area (Å²) < 4.78 is 7.02. The lowest BCUT2D eigenvalue weighted by Crippen LogP contribution is -2.43. The van der Waals surface area contributed by atoms with E-state index in [0.29, 0.717) is 16.6 Å². The second kappa shape index (κ2) is 10.3. The van der Waals surface area contributed by atoms with Crippen LogP contribution in [0.5, 0.6) is 5.75 Å². The summed E-state index contributed by atoms with van der Waals surface area (Å²) >= 11 is 1.48. The predicted octanol–water partition coefficient (Wildman–Crippen LogP) is 4.65. The summed E-state index contributed by atoms with van der Waals surface area (Å²) in [6.45, 7) is 6.68. The van der Waals surface area contributed by atoms with Crippen molar-refractivity contribution in [2.75, 3.05) is 11.2 Å². The van der Waals surface area contributed by atoms with Gasteiger partial charge in [0.05, 0.1) is 17.1 Å². The minimum absolute atomic E-state index is 0.129. The number of hydrogen-bond acceptors (Lipinski definition) is 6. The first kappa shape index (κ1) is 25.2. The van der Waals surface area contributed by atoms with Gasteiger partial charge in [-0.25, -0.2) is 4.90 Å². The standard InChI is InChI=1S/C26H28N2O5S/c1-15(2)23(29)28(17-10-8-7-9-11-17)25(31)21-22(33-26(32)16(3)4)19-14-18(34-6)12-13-20(19)27(5)24(21)30/h7-16H,1-6H3. The smallest absolute Gasteiger partial charge is 0.313 e. The SMILES string of the molecule is CSc1ccc2c(c1)c(OC(=O)C(C)C)c(C(=O)N(C(=O)C(C)C)c1ccccc1)c(=O)n2C. The van der Waals surface area contributed by atoms with Crippen molar-refractivity contribution in [1.82, 2.24) is 4.57 Å². The zero-order valence-electron chi connectivity index (χ0n) is 20.1. The van der Waals surface area contributed by atoms with Crippen LogP contribution in [0.1, 0.15) is 38.1 Å². The van der Waals surface area contributed by atoms with E-state index >= 15 is 0 Å². The monoisotopic (exact) mass is 480 g/mol. The Hall–Kier alpha value is -3.39. The van der Waals surface area contributed by atoms with Crippen LogP contribution in [0.15, 0.2) is 58.2 Å². The second-order valence-corrected chi connectivity index (χ2v) is 9.38. The number of benzene rings is 2. The van der Waals surface area contributed by atoms with Gasteiger partial charge in [-0.1, -0.05) is 45.9 Å². The molecule has 3 rings (SSSR count). The number of carbonyl (C=O) groups is 3. The number of nitrogens with zero attached hydrogens (tertiary/aromatic N) is 2. The normalized spacial score (nSPS) is 11.2. The van der Waals surface area contributed by atoms with Crippen LogP contribution >= 0.6 is 11.8 Å². The molecule has 0 aliphatic rings. The molecule has 0 atom stereocenters. The van der Waals surface area contributed by atoms with Gasteiger partial charge in [0.25, 0.3) is 11.5 Å². The van der Waals surface area contributed by atoms with E-state index in [1.807, 2.05) is 12.3 Å². The maximum absolute atomic E-state index is 13.9. The van der Waals surface area contributed by atoms with Crippen molar-refractivity contribution in [3.8, 4) is 5.75 Å². The summed E-state index contributed by atoms with van der Waals surface area (Å²) in [6, 6.07) is 13.8. The number of rotatable bonds is 6. The molecule has 0 bridgehead atoms. The molecule has 0 spiro atoms. The third-order valence-corrected chi connectivity index (χ3v) is 6.10. The van der Waals surface area contributed by atoms with Gasteiger partial charge in [-0.3, -0.25) is 19.2 Å². The zero-order valence-corrected chi connectivity index (χ0v) is 20.9. The molecule has 0 aliphatic carbocycles. The molecule has 178 valence electrons. The highest BCUT2D eigenvalue weighted by atomic mass is 32.2. The van der Waals surface area contributed by atoms with Gasteiger partial charge in [0.2, 0.25) is 5.91 Å². The van der Waals surface area contributed by atoms with Gasteiger partial charge in [-0.15, -0.1) is 11.8 Å². The lowest BCUT2D eigenvalue weighted by Gasteiger charge is -2.24. The van der Waals surface area contributed by atoms with Crippen LogP contribution in [0.2, 0.25) is 0 Å². The van der Waals surface area contributed by atoms with Crippen LogP contribution in [-0.2, 0) is 16.6 Å². The van der Waals surface area contributed by atoms with Crippen molar-refractivity contribution in [3.63, 3.8) is 0 Å². The number of pyridine rings is 1. The fourth-order valence-corrected chi connectivity index (χ4v) is 3.87. The summed E-state index contributed by atoms with van der Waals surface area (Å²) in [4.78, 5) is 55.0. The number of ether oxygens (including phenoxy) is 1. The summed E-state index contributed by atoms with van der Waals surface area (Å²) in [6.07, 6.45) is 1.90. The Morgan fingerprint density at radius 3 is 2.18 bits per heavy atom. The summed E-state index contributed by atoms with van der Waals surface area (Å²) in [7, 11) is 1.55. The quantitative estimate of drug-likeness (QED) is 0.377. The molecule has 0 saturated heterocycles. The Labute approximate surface area is 202 Å². The van der Waals surface area contributed by atoms with Crippen molar-refractivity contribution in [3.05, 3.63) is 64.4 Å². The largest absolute Gasteiger partial charge is 0.425 e. The van der Waals surface area contributed by atoms with E-state index in [0.717, 1.165) is 9.80 Å². The minimum atomic E-state index is -0.839. The number of thioether (sulfide) groups is 1. The fourth-order valence-electron chi connectivity index (χ4n) is 3.43. The Kier molecular flexibility index (Phi) is 7.61. The highest BCUT2D eigenvalue weighted by molar-refractivity contribution is 7.98. The number of imide groups is 1. The molecule has 0 unspecified atom stereocenters. The van der Waals surface area contributed by atoms with E-state index in [1.54, 1.807) is 77.2 Å². The van der Waals surface area contributed by atoms with Crippen LogP contribution < -0.4 is 15.2 Å². The molecule has 0 aliphatic heterocycles. The first-order valence-corrected chi connectivity index (χ1v) is 12.2. The van der Waals surface area contributed by atoms with Gasteiger partial charge in [0, 0.05) is 23.2 Å². The third-order valence-electron chi connectivity index (χ3n) is 5.37. The maximum Gasteiger partial charge on any atom is 0.313 e. The van der Waals surface area contributed by atoms with E-state index in [1.165, 1.54) is 16.3 Å². The van der Waals surface area contributed by atoms with Gasteiger partial charge in [0.1, 0.15) is 5.56 Å². The third kappa shape index (κ3) is 4.77. The predicted molar refractivity (Wildman–Crippen MR) is 135 cm³/mol. The number of aromatic nitrogens is 1. The lowest BCUT2D eigenvalue weighted by atomic mass is 10.1. The van der Waals surface area contributed by atoms with E-state index in [2.05, 4.69) is 0 Å². The number of amides is 2. The molecular weight excluding hydrogens is 452 g/mol. The van der Waals surface area contributed by atoms with E-state index in [-0.39, 0.29) is 11.3 Å². The molecule has 0 saturated carbocycles. The first-order valence-electron chi connectivity index (χ1n) is 10.9. The maximum atomic E-state index is 13.9. The molecule has 1 heterocycles. The number of hydrogen-bond donors (Lipinski definition) is 0. The number of carbonyl (C=O) groups excluding carboxylic acids is 3. The van der Waals surface area contributed by atoms with Gasteiger partial charge >= 0.3 is 5.97 Å². The van der Waals surface area contributed by atoms with Crippen LogP contribution in [0.4, 0.5) is 5.69 Å². The van der Waals surface area contributed by atoms with Gasteiger partial charge in [0.15, 0.2) is 5.75 Å². The number of aryl methyl sites for hydroxylation is 1. The Morgan fingerprint density at radius 2 is 1.62 bits per heavy atom. The fraction of sp³-hybridized carbons (Fsp3) is 0.308. The molecule has 0 fully saturated rings. The van der Waals surface area contributed by atoms with Gasteiger partial charge in [-0.05, 0) is 36.6 Å². The summed E-state index contributed by atoms with van der Waals surface area (Å²) in [5.41, 5.74) is -0.182. The Morgan fingerprint density at radius 1 is 0.971 bits per heavy atom. The molecule has 0 radical (unpaired) electrons. The van der Waals surface area contributed by atoms with Gasteiger partial charge < -0.3 is 9.30 Å². The second-order valence-electron chi connectivity index (χ2n) is 8.50. The van der Waals surface area contributed by atoms with E-state index in [9.17, 15) is 19.2 Å². The van der Waals surface area contributed by atoms with Crippen molar-refractivity contribution in [1.29, 1.82) is 0 Å². The molecule has 34 heavy (non-hydrogen) atoms. The van der Waals surface area contributed by atoms with Crippen LogP contribution in [0.25, 0.3) is 10.9 Å². The van der Waals surface area contributed by atoms with Crippen LogP contribution in [0.3, 0.4) is 0 Å². The first-order chi connectivity index (χ1) is 16.1. The molecule has 0 N–H and O–H groups in total. The zero-order chi connectivity index (χ0) is 25.2. The summed E-state index contributed by atoms with van der Waals surface area (Å²) in [5, 5.41) is 0.441. The molecule has 3 aromatic rings. The van der Waals surface area contributed by atoms with Gasteiger partial charge in [-0.2, -0.15) is 0 Å². The number of anilines is 1. The number of esters is 1. The highest BCUT2D eigenvalue weighted by Gasteiger charge is 2.33. The van der Waals surface area contributed by atoms with Crippen LogP contribution in [-0.4, -0.2) is 28.6 Å². The molecule has 7 nitrogen and oxygen atoms in total.